The van der Waals surface area contributed by atoms with Gasteiger partial charge in [-0.3, -0.25) is 4.99 Å². The van der Waals surface area contributed by atoms with Gasteiger partial charge in [0.25, 0.3) is 0 Å². The number of ether oxygens (including phenoxy) is 2. The minimum Gasteiger partial charge on any atom is -0.379 e. The molecule has 1 heterocycles. The van der Waals surface area contributed by atoms with Crippen LogP contribution in [0.2, 0.25) is 0 Å². The van der Waals surface area contributed by atoms with E-state index < -0.39 is 0 Å². The van der Waals surface area contributed by atoms with Gasteiger partial charge in [-0.25, -0.2) is 0 Å². The van der Waals surface area contributed by atoms with Crippen LogP contribution in [0.3, 0.4) is 0 Å². The van der Waals surface area contributed by atoms with Crippen molar-refractivity contribution in [2.45, 2.75) is 26.4 Å². The number of aliphatic imine (C=N–C) groups is 1. The highest BCUT2D eigenvalue weighted by Gasteiger charge is 2.11. The Labute approximate surface area is 121 Å². The third-order valence-corrected chi connectivity index (χ3v) is 2.36. The first-order valence-electron chi connectivity index (χ1n) is 5.94. The number of morpholine rings is 1. The van der Waals surface area contributed by atoms with E-state index in [1.807, 2.05) is 13.8 Å². The summed E-state index contributed by atoms with van der Waals surface area (Å²) >= 11 is 0. The fourth-order valence-corrected chi connectivity index (χ4v) is 1.47. The Balaban J connectivity index is 0.00000256. The second-order valence-corrected chi connectivity index (χ2v) is 4.11. The van der Waals surface area contributed by atoms with E-state index in [0.29, 0.717) is 12.1 Å². The lowest BCUT2D eigenvalue weighted by atomic mass is 10.4. The van der Waals surface area contributed by atoms with Gasteiger partial charge in [0.2, 0.25) is 0 Å². The maximum Gasteiger partial charge on any atom is 0.191 e. The molecule has 17 heavy (non-hydrogen) atoms. The summed E-state index contributed by atoms with van der Waals surface area (Å²) in [7, 11) is 0. The van der Waals surface area contributed by atoms with Crippen LogP contribution in [0.5, 0.6) is 0 Å². The lowest BCUT2D eigenvalue weighted by molar-refractivity contribution is 0.0671. The highest BCUT2D eigenvalue weighted by Crippen LogP contribution is 1.97. The van der Waals surface area contributed by atoms with E-state index in [-0.39, 0.29) is 24.0 Å². The number of hydrogen-bond acceptors (Lipinski definition) is 3. The van der Waals surface area contributed by atoms with Crippen LogP contribution in [-0.2, 0) is 9.47 Å². The molecule has 0 aromatic rings. The van der Waals surface area contributed by atoms with Crippen LogP contribution in [0.15, 0.2) is 4.99 Å². The molecule has 102 valence electrons. The van der Waals surface area contributed by atoms with Crippen molar-refractivity contribution in [1.82, 2.24) is 4.90 Å². The first-order valence-corrected chi connectivity index (χ1v) is 5.94. The molecule has 1 saturated heterocycles. The van der Waals surface area contributed by atoms with Gasteiger partial charge in [0, 0.05) is 26.2 Å². The standard InChI is InChI=1S/C11H23N3O2.HI/c1-10(2)16-7-3-4-13-11(12)14-5-8-15-9-6-14;/h10H,3-9H2,1-2H3,(H2,12,13);1H. The van der Waals surface area contributed by atoms with E-state index in [4.69, 9.17) is 15.2 Å². The predicted molar refractivity (Wildman–Crippen MR) is 80.0 cm³/mol. The van der Waals surface area contributed by atoms with E-state index in [9.17, 15) is 0 Å². The average Bonchev–Trinajstić information content (AvgIpc) is 2.29. The average molecular weight is 357 g/mol. The lowest BCUT2D eigenvalue weighted by Crippen LogP contribution is -2.44. The zero-order valence-corrected chi connectivity index (χ0v) is 13.1. The molecule has 6 heteroatoms. The molecule has 0 saturated carbocycles. The summed E-state index contributed by atoms with van der Waals surface area (Å²) in [6.45, 7) is 8.72. The van der Waals surface area contributed by atoms with Crippen LogP contribution in [0.25, 0.3) is 0 Å². The van der Waals surface area contributed by atoms with E-state index >= 15 is 0 Å². The maximum absolute atomic E-state index is 5.87. The second kappa shape index (κ2) is 9.90. The van der Waals surface area contributed by atoms with Gasteiger partial charge in [0.15, 0.2) is 5.96 Å². The number of rotatable bonds is 5. The van der Waals surface area contributed by atoms with Gasteiger partial charge in [-0.1, -0.05) is 0 Å². The van der Waals surface area contributed by atoms with Crippen LogP contribution in [-0.4, -0.2) is 56.4 Å². The molecule has 1 aliphatic heterocycles. The second-order valence-electron chi connectivity index (χ2n) is 4.11. The monoisotopic (exact) mass is 357 g/mol. The van der Waals surface area contributed by atoms with Crippen LogP contribution in [0.4, 0.5) is 0 Å². The van der Waals surface area contributed by atoms with Crippen LogP contribution >= 0.6 is 24.0 Å². The van der Waals surface area contributed by atoms with Gasteiger partial charge in [-0.2, -0.15) is 0 Å². The molecule has 0 atom stereocenters. The van der Waals surface area contributed by atoms with Crippen molar-refractivity contribution in [3.63, 3.8) is 0 Å². The molecule has 0 bridgehead atoms. The normalized spacial score (nSPS) is 17.1. The summed E-state index contributed by atoms with van der Waals surface area (Å²) in [5.41, 5.74) is 5.87. The summed E-state index contributed by atoms with van der Waals surface area (Å²) in [6.07, 6.45) is 1.21. The zero-order valence-electron chi connectivity index (χ0n) is 10.7. The minimum atomic E-state index is 0. The summed E-state index contributed by atoms with van der Waals surface area (Å²) in [5.74, 6) is 0.632. The van der Waals surface area contributed by atoms with Gasteiger partial charge in [-0.05, 0) is 20.3 Å². The summed E-state index contributed by atoms with van der Waals surface area (Å²) in [4.78, 5) is 6.39. The highest BCUT2D eigenvalue weighted by molar-refractivity contribution is 14.0. The molecule has 0 aliphatic carbocycles. The van der Waals surface area contributed by atoms with Crippen molar-refractivity contribution >= 4 is 29.9 Å². The summed E-state index contributed by atoms with van der Waals surface area (Å²) in [5, 5.41) is 0. The van der Waals surface area contributed by atoms with Crippen molar-refractivity contribution in [3.8, 4) is 0 Å². The first-order chi connectivity index (χ1) is 7.70. The Morgan fingerprint density at radius 1 is 1.41 bits per heavy atom. The third kappa shape index (κ3) is 7.77. The smallest absolute Gasteiger partial charge is 0.191 e. The van der Waals surface area contributed by atoms with Crippen molar-refractivity contribution in [3.05, 3.63) is 0 Å². The number of halogens is 1. The van der Waals surface area contributed by atoms with Crippen LogP contribution < -0.4 is 5.73 Å². The van der Waals surface area contributed by atoms with E-state index in [2.05, 4.69) is 9.89 Å². The van der Waals surface area contributed by atoms with E-state index in [1.54, 1.807) is 0 Å². The van der Waals surface area contributed by atoms with Crippen molar-refractivity contribution in [1.29, 1.82) is 0 Å². The first kappa shape index (κ1) is 16.9. The van der Waals surface area contributed by atoms with Crippen molar-refractivity contribution < 1.29 is 9.47 Å². The molecule has 2 N–H and O–H groups in total. The molecule has 0 amide bonds. The van der Waals surface area contributed by atoms with Gasteiger partial charge in [0.05, 0.1) is 19.3 Å². The SMILES string of the molecule is CC(C)OCCCN=C(N)N1CCOCC1.I. The maximum atomic E-state index is 5.87. The van der Waals surface area contributed by atoms with Crippen LogP contribution in [0, 0.1) is 0 Å². The Kier molecular flexibility index (Phi) is 9.85. The number of guanidine groups is 1. The number of nitrogens with zero attached hydrogens (tertiary/aromatic N) is 2. The molecule has 0 aromatic carbocycles. The largest absolute Gasteiger partial charge is 0.379 e. The molecule has 5 nitrogen and oxygen atoms in total. The minimum absolute atomic E-state index is 0. The number of hydrogen-bond donors (Lipinski definition) is 1. The van der Waals surface area contributed by atoms with Gasteiger partial charge < -0.3 is 20.1 Å². The molecular weight excluding hydrogens is 333 g/mol. The Hall–Kier alpha value is -0.0800. The topological polar surface area (TPSA) is 60.1 Å². The van der Waals surface area contributed by atoms with Crippen molar-refractivity contribution in [2.24, 2.45) is 10.7 Å². The zero-order chi connectivity index (χ0) is 11.8. The fraction of sp³-hybridized carbons (Fsp3) is 0.909. The van der Waals surface area contributed by atoms with Crippen molar-refractivity contribution in [2.75, 3.05) is 39.5 Å². The quantitative estimate of drug-likeness (QED) is 0.346. The van der Waals surface area contributed by atoms with E-state index in [1.165, 1.54) is 0 Å². The number of nitrogens with two attached hydrogens (primary N) is 1. The molecule has 1 aliphatic rings. The summed E-state index contributed by atoms with van der Waals surface area (Å²) < 4.78 is 10.7. The van der Waals surface area contributed by atoms with E-state index in [0.717, 1.165) is 45.9 Å². The fourth-order valence-electron chi connectivity index (χ4n) is 1.47. The molecule has 0 radical (unpaired) electrons. The Morgan fingerprint density at radius 3 is 2.65 bits per heavy atom. The van der Waals surface area contributed by atoms with Crippen LogP contribution in [0.1, 0.15) is 20.3 Å². The molecule has 0 unspecified atom stereocenters. The lowest BCUT2D eigenvalue weighted by Gasteiger charge is -2.27. The summed E-state index contributed by atoms with van der Waals surface area (Å²) in [6, 6.07) is 0. The predicted octanol–water partition coefficient (Wildman–Crippen LogP) is 1.07. The van der Waals surface area contributed by atoms with Gasteiger partial charge in [-0.15, -0.1) is 24.0 Å². The molecular formula is C11H24IN3O2. The third-order valence-electron chi connectivity index (χ3n) is 2.36. The molecule has 0 spiro atoms. The molecule has 0 aromatic heterocycles. The Bertz CT molecular complexity index is 219. The molecule has 1 fully saturated rings. The van der Waals surface area contributed by atoms with Gasteiger partial charge in [0.1, 0.15) is 0 Å². The van der Waals surface area contributed by atoms with Gasteiger partial charge >= 0.3 is 0 Å². The molecule has 1 rings (SSSR count). The highest BCUT2D eigenvalue weighted by atomic mass is 127. The Morgan fingerprint density at radius 2 is 2.06 bits per heavy atom.